The normalized spacial score (nSPS) is 12.0. The second-order valence-electron chi connectivity index (χ2n) is 7.34. The average molecular weight is 441 g/mol. The van der Waals surface area contributed by atoms with Crippen LogP contribution in [0.2, 0.25) is 0 Å². The van der Waals surface area contributed by atoms with Gasteiger partial charge in [-0.1, -0.05) is 68.4 Å². The van der Waals surface area contributed by atoms with Gasteiger partial charge in [0.2, 0.25) is 5.91 Å². The highest BCUT2D eigenvalue weighted by Crippen LogP contribution is 1.99. The molecule has 174 valence electrons. The fraction of sp³-hybridized carbons (Fsp3) is 0.640. The average Bonchev–Trinajstić information content (AvgIpc) is 2.70. The zero-order valence-corrected chi connectivity index (χ0v) is 20.3. The van der Waals surface area contributed by atoms with Crippen molar-refractivity contribution in [1.82, 2.24) is 10.2 Å². The van der Waals surface area contributed by atoms with E-state index in [1.54, 1.807) is 0 Å². The van der Waals surface area contributed by atoms with E-state index in [-0.39, 0.29) is 24.9 Å². The van der Waals surface area contributed by atoms with Crippen LogP contribution in [0.15, 0.2) is 48.6 Å². The summed E-state index contributed by atoms with van der Waals surface area (Å²) in [5, 5.41) is 2.83. The molecule has 0 fully saturated rings. The van der Waals surface area contributed by atoms with Crippen LogP contribution in [0, 0.1) is 0 Å². The molecule has 1 N–H and O–H groups in total. The number of hydrogen-bond acceptors (Lipinski definition) is 3. The third kappa shape index (κ3) is 24.7. The summed E-state index contributed by atoms with van der Waals surface area (Å²) in [6.45, 7) is 5.37. The summed E-state index contributed by atoms with van der Waals surface area (Å²) in [7, 11) is 3.72. The molecule has 4 nitrogen and oxygen atoms in total. The Bertz CT molecular complexity index is 488. The number of likely N-dealkylation sites (N-methyl/N-ethyl adjacent to an activating group) is 1. The lowest BCUT2D eigenvalue weighted by atomic mass is 10.2. The van der Waals surface area contributed by atoms with Gasteiger partial charge in [-0.3, -0.25) is 4.79 Å². The molecule has 5 heteroatoms. The molecule has 0 aliphatic heterocycles. The van der Waals surface area contributed by atoms with Gasteiger partial charge in [-0.15, -0.1) is 12.4 Å². The van der Waals surface area contributed by atoms with Crippen molar-refractivity contribution < 1.29 is 9.53 Å². The van der Waals surface area contributed by atoms with Crippen molar-refractivity contribution in [3.8, 4) is 0 Å². The molecule has 0 atom stereocenters. The Morgan fingerprint density at radius 1 is 0.867 bits per heavy atom. The SMILES string of the molecule is CCCCCN(C)C/C=C\C/C=C\C/C=C\C/C=C\CCCCNC(=O)COC.Cl. The molecule has 1 amide bonds. The molecule has 30 heavy (non-hydrogen) atoms. The van der Waals surface area contributed by atoms with Crippen LogP contribution in [0.5, 0.6) is 0 Å². The predicted molar refractivity (Wildman–Crippen MR) is 133 cm³/mol. The van der Waals surface area contributed by atoms with Gasteiger partial charge in [0, 0.05) is 20.2 Å². The maximum absolute atomic E-state index is 11.2. The number of allylic oxidation sites excluding steroid dienone is 7. The van der Waals surface area contributed by atoms with E-state index in [0.29, 0.717) is 0 Å². The van der Waals surface area contributed by atoms with Crippen LogP contribution in [0.4, 0.5) is 0 Å². The number of methoxy groups -OCH3 is 1. The molecule has 0 saturated heterocycles. The highest BCUT2D eigenvalue weighted by atomic mass is 35.5. The molecule has 0 radical (unpaired) electrons. The Balaban J connectivity index is 0. The summed E-state index contributed by atoms with van der Waals surface area (Å²) in [5.41, 5.74) is 0. The molecule has 0 aromatic heterocycles. The van der Waals surface area contributed by atoms with Crippen LogP contribution < -0.4 is 5.32 Å². The topological polar surface area (TPSA) is 41.6 Å². The Morgan fingerprint density at radius 2 is 1.47 bits per heavy atom. The molecule has 0 unspecified atom stereocenters. The number of hydrogen-bond donors (Lipinski definition) is 1. The lowest BCUT2D eigenvalue weighted by molar-refractivity contribution is -0.124. The Kier molecular flexibility index (Phi) is 26.4. The summed E-state index contributed by atoms with van der Waals surface area (Å²) < 4.78 is 4.77. The van der Waals surface area contributed by atoms with Gasteiger partial charge < -0.3 is 15.0 Å². The Hall–Kier alpha value is -1.36. The number of carbonyl (C=O) groups is 1. The maximum atomic E-state index is 11.2. The van der Waals surface area contributed by atoms with E-state index >= 15 is 0 Å². The lowest BCUT2D eigenvalue weighted by Crippen LogP contribution is -2.27. The Morgan fingerprint density at radius 3 is 2.07 bits per heavy atom. The number of halogens is 1. The summed E-state index contributed by atoms with van der Waals surface area (Å²) in [6.07, 6.45) is 27.9. The van der Waals surface area contributed by atoms with Crippen molar-refractivity contribution in [2.75, 3.05) is 40.4 Å². The van der Waals surface area contributed by atoms with E-state index < -0.39 is 0 Å². The number of rotatable bonds is 19. The van der Waals surface area contributed by atoms with Gasteiger partial charge >= 0.3 is 0 Å². The monoisotopic (exact) mass is 440 g/mol. The molecular weight excluding hydrogens is 396 g/mol. The number of carbonyl (C=O) groups excluding carboxylic acids is 1. The fourth-order valence-electron chi connectivity index (χ4n) is 2.71. The molecular formula is C25H45ClN2O2. The largest absolute Gasteiger partial charge is 0.375 e. The minimum Gasteiger partial charge on any atom is -0.375 e. The van der Waals surface area contributed by atoms with Crippen LogP contribution >= 0.6 is 12.4 Å². The molecule has 0 saturated carbocycles. The first kappa shape index (κ1) is 30.8. The van der Waals surface area contributed by atoms with Gasteiger partial charge in [-0.25, -0.2) is 0 Å². The lowest BCUT2D eigenvalue weighted by Gasteiger charge is -2.13. The van der Waals surface area contributed by atoms with E-state index in [2.05, 4.69) is 72.8 Å². The van der Waals surface area contributed by atoms with Gasteiger partial charge in [-0.2, -0.15) is 0 Å². The quantitative estimate of drug-likeness (QED) is 0.202. The van der Waals surface area contributed by atoms with Crippen LogP contribution in [0.1, 0.15) is 64.7 Å². The minimum absolute atomic E-state index is 0. The van der Waals surface area contributed by atoms with Gasteiger partial charge in [0.05, 0.1) is 0 Å². The van der Waals surface area contributed by atoms with E-state index in [4.69, 9.17) is 4.74 Å². The van der Waals surface area contributed by atoms with Gasteiger partial charge in [0.1, 0.15) is 6.61 Å². The van der Waals surface area contributed by atoms with Gasteiger partial charge in [0.15, 0.2) is 0 Å². The zero-order valence-electron chi connectivity index (χ0n) is 19.5. The van der Waals surface area contributed by atoms with Gasteiger partial charge in [0.25, 0.3) is 0 Å². The third-order valence-electron chi connectivity index (χ3n) is 4.44. The van der Waals surface area contributed by atoms with Crippen molar-refractivity contribution in [3.63, 3.8) is 0 Å². The number of amides is 1. The first-order valence-electron chi connectivity index (χ1n) is 11.2. The number of nitrogens with one attached hydrogen (secondary N) is 1. The van der Waals surface area contributed by atoms with Gasteiger partial charge in [-0.05, 0) is 58.5 Å². The van der Waals surface area contributed by atoms with Crippen molar-refractivity contribution in [2.24, 2.45) is 0 Å². The highest BCUT2D eigenvalue weighted by molar-refractivity contribution is 5.85. The second kappa shape index (κ2) is 25.7. The molecule has 0 aliphatic carbocycles. The van der Waals surface area contributed by atoms with Crippen molar-refractivity contribution in [1.29, 1.82) is 0 Å². The highest BCUT2D eigenvalue weighted by Gasteiger charge is 1.97. The summed E-state index contributed by atoms with van der Waals surface area (Å²) in [4.78, 5) is 13.6. The second-order valence-corrected chi connectivity index (χ2v) is 7.34. The van der Waals surface area contributed by atoms with Crippen molar-refractivity contribution in [2.45, 2.75) is 64.7 Å². The Labute approximate surface area is 191 Å². The standard InChI is InChI=1S/C25H44N2O2.ClH/c1-4-5-19-22-27(2)23-20-17-15-13-11-9-7-6-8-10-12-14-16-18-21-26-25(28)24-29-3;/h6-7,10-13,17,20H,4-5,8-9,14-16,18-19,21-24H2,1-3H3,(H,26,28);1H/b7-6-,12-10-,13-11-,20-17-;. The number of ether oxygens (including phenoxy) is 1. The van der Waals surface area contributed by atoms with Crippen molar-refractivity contribution >= 4 is 18.3 Å². The van der Waals surface area contributed by atoms with Crippen LogP contribution in [0.3, 0.4) is 0 Å². The van der Waals surface area contributed by atoms with Crippen LogP contribution in [0.25, 0.3) is 0 Å². The predicted octanol–water partition coefficient (Wildman–Crippen LogP) is 5.86. The molecule has 0 aromatic carbocycles. The van der Waals surface area contributed by atoms with Crippen molar-refractivity contribution in [3.05, 3.63) is 48.6 Å². The summed E-state index contributed by atoms with van der Waals surface area (Å²) in [6, 6.07) is 0. The first-order valence-corrected chi connectivity index (χ1v) is 11.2. The van der Waals surface area contributed by atoms with E-state index in [0.717, 1.165) is 51.6 Å². The molecule has 0 rings (SSSR count). The smallest absolute Gasteiger partial charge is 0.245 e. The number of unbranched alkanes of at least 4 members (excludes halogenated alkanes) is 4. The summed E-state index contributed by atoms with van der Waals surface area (Å²) in [5.74, 6) is -0.0383. The molecule has 0 spiro atoms. The third-order valence-corrected chi connectivity index (χ3v) is 4.44. The molecule has 0 aliphatic rings. The van der Waals surface area contributed by atoms with Crippen LogP contribution in [-0.4, -0.2) is 51.2 Å². The molecule has 0 heterocycles. The first-order chi connectivity index (χ1) is 14.2. The van der Waals surface area contributed by atoms with Crippen LogP contribution in [-0.2, 0) is 9.53 Å². The molecule has 0 bridgehead atoms. The zero-order chi connectivity index (χ0) is 21.4. The number of nitrogens with zero attached hydrogens (tertiary/aromatic N) is 1. The summed E-state index contributed by atoms with van der Waals surface area (Å²) >= 11 is 0. The van der Waals surface area contributed by atoms with E-state index in [1.165, 1.54) is 32.9 Å². The fourth-order valence-corrected chi connectivity index (χ4v) is 2.71. The van der Waals surface area contributed by atoms with E-state index in [1.807, 2.05) is 0 Å². The minimum atomic E-state index is -0.0383. The molecule has 0 aromatic rings. The maximum Gasteiger partial charge on any atom is 0.245 e. The van der Waals surface area contributed by atoms with E-state index in [9.17, 15) is 4.79 Å².